The quantitative estimate of drug-likeness (QED) is 0.387. The van der Waals surface area contributed by atoms with Crippen molar-refractivity contribution in [2.75, 3.05) is 0 Å². The van der Waals surface area contributed by atoms with Gasteiger partial charge in [0.15, 0.2) is 17.3 Å². The fourth-order valence-electron chi connectivity index (χ4n) is 1.77. The Morgan fingerprint density at radius 2 is 2.23 bits per heavy atom. The third-order valence-electron chi connectivity index (χ3n) is 2.78. The van der Waals surface area contributed by atoms with Crippen molar-refractivity contribution in [3.8, 4) is 23.1 Å². The van der Waals surface area contributed by atoms with Gasteiger partial charge in [-0.1, -0.05) is 11.6 Å². The lowest BCUT2D eigenvalue weighted by atomic mass is 10.2. The van der Waals surface area contributed by atoms with Gasteiger partial charge >= 0.3 is 0 Å². The van der Waals surface area contributed by atoms with Crippen molar-refractivity contribution in [2.45, 2.75) is 0 Å². The monoisotopic (exact) mass is 336 g/mol. The summed E-state index contributed by atoms with van der Waals surface area (Å²) < 4.78 is 6.90. The minimum absolute atomic E-state index is 0.0171. The summed E-state index contributed by atoms with van der Waals surface area (Å²) in [5.74, 6) is 0.183. The maximum atomic E-state index is 9.54. The number of phenolic OH excluding ortho intramolecular Hbond substituents is 2. The molecule has 0 amide bonds. The van der Waals surface area contributed by atoms with Crippen molar-refractivity contribution >= 4 is 30.0 Å². The molecule has 9 heteroatoms. The second-order valence-electron chi connectivity index (χ2n) is 4.26. The summed E-state index contributed by atoms with van der Waals surface area (Å²) in [4.78, 5) is 0. The van der Waals surface area contributed by atoms with Crippen molar-refractivity contribution in [1.82, 2.24) is 14.9 Å². The molecule has 0 radical (unpaired) electrons. The molecule has 112 valence electrons. The highest BCUT2D eigenvalue weighted by atomic mass is 35.5. The molecular weight excluding hydrogens is 328 g/mol. The van der Waals surface area contributed by atoms with Crippen LogP contribution in [0.4, 0.5) is 0 Å². The predicted octanol–water partition coefficient (Wildman–Crippen LogP) is 3.15. The van der Waals surface area contributed by atoms with Gasteiger partial charge in [0.25, 0.3) is 0 Å². The zero-order valence-electron chi connectivity index (χ0n) is 10.9. The second kappa shape index (κ2) is 5.66. The minimum Gasteiger partial charge on any atom is -0.504 e. The number of hydrogen-bond acceptors (Lipinski definition) is 6. The lowest BCUT2D eigenvalue weighted by Crippen LogP contribution is -1.94. The average molecular weight is 337 g/mol. The number of nitrogens with zero attached hydrogens (tertiary/aromatic N) is 3. The van der Waals surface area contributed by atoms with E-state index < -0.39 is 0 Å². The molecule has 0 saturated carbocycles. The van der Waals surface area contributed by atoms with Crippen LogP contribution in [-0.4, -0.2) is 31.3 Å². The Balaban J connectivity index is 2.00. The first-order valence-corrected chi connectivity index (χ1v) is 6.82. The van der Waals surface area contributed by atoms with Crippen LogP contribution in [0.1, 0.15) is 5.56 Å². The van der Waals surface area contributed by atoms with Gasteiger partial charge in [-0.2, -0.15) is 9.78 Å². The molecule has 22 heavy (non-hydrogen) atoms. The SMILES string of the molecule is Oc1cc(/C=N/n2c(-c3ccco3)n[nH]c2=S)cc(Cl)c1O. The zero-order valence-corrected chi connectivity index (χ0v) is 12.5. The molecule has 0 aliphatic heterocycles. The summed E-state index contributed by atoms with van der Waals surface area (Å²) in [7, 11) is 0. The van der Waals surface area contributed by atoms with E-state index in [-0.39, 0.29) is 21.3 Å². The van der Waals surface area contributed by atoms with Crippen LogP contribution >= 0.6 is 23.8 Å². The van der Waals surface area contributed by atoms with E-state index in [4.69, 9.17) is 28.2 Å². The number of hydrogen-bond donors (Lipinski definition) is 3. The van der Waals surface area contributed by atoms with E-state index in [2.05, 4.69) is 15.3 Å². The van der Waals surface area contributed by atoms with Gasteiger partial charge in [0.2, 0.25) is 10.6 Å². The standard InChI is InChI=1S/C13H9ClN4O3S/c14-8-4-7(5-9(19)11(8)20)6-15-18-12(16-17-13(18)22)10-2-1-3-21-10/h1-6,19-20H,(H,17,22)/b15-6+. The Morgan fingerprint density at radius 1 is 1.41 bits per heavy atom. The van der Waals surface area contributed by atoms with Gasteiger partial charge in [-0.25, -0.2) is 5.10 Å². The molecule has 3 rings (SSSR count). The van der Waals surface area contributed by atoms with Crippen molar-refractivity contribution in [3.05, 3.63) is 45.9 Å². The molecule has 7 nitrogen and oxygen atoms in total. The number of nitrogens with one attached hydrogen (secondary N) is 1. The van der Waals surface area contributed by atoms with E-state index in [0.29, 0.717) is 17.1 Å². The molecule has 3 aromatic rings. The van der Waals surface area contributed by atoms with Gasteiger partial charge in [-0.05, 0) is 42.0 Å². The van der Waals surface area contributed by atoms with Crippen LogP contribution < -0.4 is 0 Å². The Hall–Kier alpha value is -2.58. The number of aromatic nitrogens is 3. The summed E-state index contributed by atoms with van der Waals surface area (Å²) in [6.07, 6.45) is 2.93. The van der Waals surface area contributed by atoms with Crippen LogP contribution in [0.3, 0.4) is 0 Å². The van der Waals surface area contributed by atoms with Crippen LogP contribution in [0.25, 0.3) is 11.6 Å². The van der Waals surface area contributed by atoms with Gasteiger partial charge in [-0.3, -0.25) is 0 Å². The van der Waals surface area contributed by atoms with E-state index in [9.17, 15) is 10.2 Å². The number of rotatable bonds is 3. The lowest BCUT2D eigenvalue weighted by molar-refractivity contribution is 0.404. The molecule has 0 aliphatic rings. The summed E-state index contributed by atoms with van der Waals surface area (Å²) in [6.45, 7) is 0. The summed E-state index contributed by atoms with van der Waals surface area (Å²) in [5.41, 5.74) is 0.480. The number of H-pyrrole nitrogens is 1. The number of aromatic hydroxyl groups is 2. The van der Waals surface area contributed by atoms with Crippen molar-refractivity contribution in [2.24, 2.45) is 5.10 Å². The van der Waals surface area contributed by atoms with E-state index >= 15 is 0 Å². The topological polar surface area (TPSA) is 99.6 Å². The fraction of sp³-hybridized carbons (Fsp3) is 0. The highest BCUT2D eigenvalue weighted by Crippen LogP contribution is 2.33. The van der Waals surface area contributed by atoms with E-state index in [0.717, 1.165) is 0 Å². The first-order chi connectivity index (χ1) is 10.6. The number of phenols is 2. The Kier molecular flexibility index (Phi) is 3.70. The molecule has 2 heterocycles. The number of aromatic amines is 1. The smallest absolute Gasteiger partial charge is 0.219 e. The van der Waals surface area contributed by atoms with Crippen molar-refractivity contribution < 1.29 is 14.6 Å². The summed E-state index contributed by atoms with van der Waals surface area (Å²) in [5, 5.41) is 29.8. The van der Waals surface area contributed by atoms with Crippen LogP contribution in [-0.2, 0) is 0 Å². The van der Waals surface area contributed by atoms with Crippen LogP contribution in [0.2, 0.25) is 5.02 Å². The molecule has 2 aromatic heterocycles. The second-order valence-corrected chi connectivity index (χ2v) is 5.05. The molecule has 0 atom stereocenters. The van der Waals surface area contributed by atoms with Gasteiger partial charge in [0.05, 0.1) is 17.5 Å². The van der Waals surface area contributed by atoms with Crippen molar-refractivity contribution in [1.29, 1.82) is 0 Å². The molecule has 1 aromatic carbocycles. The third-order valence-corrected chi connectivity index (χ3v) is 3.33. The zero-order chi connectivity index (χ0) is 15.7. The average Bonchev–Trinajstić information content (AvgIpc) is 3.12. The largest absolute Gasteiger partial charge is 0.504 e. The molecule has 0 saturated heterocycles. The molecule has 0 bridgehead atoms. The first-order valence-electron chi connectivity index (χ1n) is 6.03. The highest BCUT2D eigenvalue weighted by Gasteiger charge is 2.11. The maximum Gasteiger partial charge on any atom is 0.219 e. The molecule has 3 N–H and O–H groups in total. The first kappa shape index (κ1) is 14.4. The van der Waals surface area contributed by atoms with Crippen LogP contribution in [0, 0.1) is 4.77 Å². The number of furan rings is 1. The van der Waals surface area contributed by atoms with Gasteiger partial charge in [-0.15, -0.1) is 5.10 Å². The lowest BCUT2D eigenvalue weighted by Gasteiger charge is -2.02. The van der Waals surface area contributed by atoms with Gasteiger partial charge < -0.3 is 14.6 Å². The van der Waals surface area contributed by atoms with Gasteiger partial charge in [0.1, 0.15) is 0 Å². The molecule has 0 aliphatic carbocycles. The maximum absolute atomic E-state index is 9.54. The molecule has 0 unspecified atom stereocenters. The Morgan fingerprint density at radius 3 is 2.91 bits per heavy atom. The molecular formula is C13H9ClN4O3S. The van der Waals surface area contributed by atoms with Crippen LogP contribution in [0.5, 0.6) is 11.5 Å². The predicted molar refractivity (Wildman–Crippen MR) is 82.9 cm³/mol. The number of benzene rings is 1. The molecule has 0 fully saturated rings. The van der Waals surface area contributed by atoms with E-state index in [1.165, 1.54) is 29.3 Å². The van der Waals surface area contributed by atoms with Gasteiger partial charge in [0, 0.05) is 0 Å². The minimum atomic E-state index is -0.380. The summed E-state index contributed by atoms with van der Waals surface area (Å²) in [6, 6.07) is 6.22. The summed E-state index contributed by atoms with van der Waals surface area (Å²) >= 11 is 10.9. The Labute approximate surface area is 134 Å². The van der Waals surface area contributed by atoms with E-state index in [1.54, 1.807) is 12.1 Å². The fourth-order valence-corrected chi connectivity index (χ4v) is 2.17. The van der Waals surface area contributed by atoms with Crippen molar-refractivity contribution in [3.63, 3.8) is 0 Å². The Bertz CT molecular complexity index is 875. The molecule has 0 spiro atoms. The number of halogens is 1. The third kappa shape index (κ3) is 2.61. The van der Waals surface area contributed by atoms with E-state index in [1.807, 2.05) is 0 Å². The highest BCUT2D eigenvalue weighted by molar-refractivity contribution is 7.71. The van der Waals surface area contributed by atoms with Crippen LogP contribution in [0.15, 0.2) is 40.0 Å². The normalized spacial score (nSPS) is 11.3.